The Morgan fingerprint density at radius 3 is 2.85 bits per heavy atom. The van der Waals surface area contributed by atoms with Crippen molar-refractivity contribution < 1.29 is 9.47 Å². The molecule has 33 heavy (non-hydrogen) atoms. The summed E-state index contributed by atoms with van der Waals surface area (Å²) < 4.78 is 12.9. The van der Waals surface area contributed by atoms with E-state index in [9.17, 15) is 4.79 Å². The smallest absolute Gasteiger partial charge is 0.258 e. The lowest BCUT2D eigenvalue weighted by Crippen LogP contribution is -2.11. The third kappa shape index (κ3) is 3.29. The Morgan fingerprint density at radius 1 is 1.06 bits per heavy atom. The third-order valence-corrected chi connectivity index (χ3v) is 6.00. The standard InChI is InChI=1S/C26H22N4O3/c1-15-5-7-20-18(10-15)12-19(26(31)28-20)23-25(30-9-3-4-16(2)24(30)29-23)27-13-17-6-8-21-22(11-17)33-14-32-21/h3-12,27H,13-14H2,1-2H3,(H,28,31). The molecular weight excluding hydrogens is 416 g/mol. The molecule has 0 fully saturated rings. The van der Waals surface area contributed by atoms with E-state index >= 15 is 0 Å². The fourth-order valence-electron chi connectivity index (χ4n) is 4.30. The molecule has 2 aromatic carbocycles. The normalized spacial score (nSPS) is 12.5. The molecule has 0 spiro atoms. The molecule has 5 aromatic rings. The molecule has 0 saturated carbocycles. The molecule has 0 atom stereocenters. The molecule has 7 nitrogen and oxygen atoms in total. The number of fused-ring (bicyclic) bond motifs is 3. The van der Waals surface area contributed by atoms with Crippen molar-refractivity contribution in [3.8, 4) is 22.8 Å². The summed E-state index contributed by atoms with van der Waals surface area (Å²) in [7, 11) is 0. The summed E-state index contributed by atoms with van der Waals surface area (Å²) in [5.41, 5.74) is 5.80. The van der Waals surface area contributed by atoms with Gasteiger partial charge in [-0.15, -0.1) is 0 Å². The van der Waals surface area contributed by atoms with E-state index in [4.69, 9.17) is 14.5 Å². The summed E-state index contributed by atoms with van der Waals surface area (Å²) in [6.07, 6.45) is 1.96. The number of ether oxygens (including phenoxy) is 2. The van der Waals surface area contributed by atoms with E-state index in [-0.39, 0.29) is 12.4 Å². The quantitative estimate of drug-likeness (QED) is 0.421. The van der Waals surface area contributed by atoms with Gasteiger partial charge in [0.05, 0.1) is 5.56 Å². The van der Waals surface area contributed by atoms with Crippen LogP contribution in [0.25, 0.3) is 27.8 Å². The van der Waals surface area contributed by atoms with Gasteiger partial charge in [0.25, 0.3) is 5.56 Å². The molecule has 6 rings (SSSR count). The van der Waals surface area contributed by atoms with Gasteiger partial charge in [0.2, 0.25) is 6.79 Å². The van der Waals surface area contributed by atoms with Crippen LogP contribution >= 0.6 is 0 Å². The lowest BCUT2D eigenvalue weighted by atomic mass is 10.1. The van der Waals surface area contributed by atoms with Gasteiger partial charge in [0.1, 0.15) is 17.2 Å². The van der Waals surface area contributed by atoms with Gasteiger partial charge in [-0.3, -0.25) is 9.20 Å². The summed E-state index contributed by atoms with van der Waals surface area (Å²) >= 11 is 0. The number of nitrogens with zero attached hydrogens (tertiary/aromatic N) is 2. The van der Waals surface area contributed by atoms with E-state index in [0.29, 0.717) is 17.8 Å². The molecule has 0 saturated heterocycles. The fourth-order valence-corrected chi connectivity index (χ4v) is 4.30. The number of benzene rings is 2. The van der Waals surface area contributed by atoms with E-state index in [1.54, 1.807) is 0 Å². The number of anilines is 1. The Hall–Kier alpha value is -4.26. The number of hydrogen-bond acceptors (Lipinski definition) is 5. The molecule has 0 amide bonds. The van der Waals surface area contributed by atoms with Gasteiger partial charge in [-0.1, -0.05) is 23.8 Å². The first-order valence-electron chi connectivity index (χ1n) is 10.8. The van der Waals surface area contributed by atoms with E-state index in [1.165, 1.54) is 0 Å². The predicted octanol–water partition coefficient (Wildman–Crippen LogP) is 4.80. The molecule has 0 unspecified atom stereocenters. The number of aryl methyl sites for hydroxylation is 2. The molecule has 1 aliphatic heterocycles. The Kier molecular flexibility index (Phi) is 4.36. The van der Waals surface area contributed by atoms with Crippen molar-refractivity contribution in [2.45, 2.75) is 20.4 Å². The zero-order valence-electron chi connectivity index (χ0n) is 18.3. The van der Waals surface area contributed by atoms with Gasteiger partial charge in [0.15, 0.2) is 11.5 Å². The van der Waals surface area contributed by atoms with E-state index in [2.05, 4.69) is 16.4 Å². The van der Waals surface area contributed by atoms with Crippen molar-refractivity contribution in [3.63, 3.8) is 0 Å². The van der Waals surface area contributed by atoms with Crippen LogP contribution < -0.4 is 20.3 Å². The molecule has 1 aliphatic rings. The van der Waals surface area contributed by atoms with Crippen molar-refractivity contribution >= 4 is 22.4 Å². The molecule has 0 radical (unpaired) electrons. The van der Waals surface area contributed by atoms with Crippen LogP contribution in [0, 0.1) is 13.8 Å². The summed E-state index contributed by atoms with van der Waals surface area (Å²) in [6.45, 7) is 4.83. The predicted molar refractivity (Wildman–Crippen MR) is 128 cm³/mol. The molecule has 4 heterocycles. The highest BCUT2D eigenvalue weighted by Gasteiger charge is 2.19. The number of nitrogens with one attached hydrogen (secondary N) is 2. The maximum Gasteiger partial charge on any atom is 0.258 e. The van der Waals surface area contributed by atoms with Crippen LogP contribution in [0.5, 0.6) is 11.5 Å². The number of aromatic amines is 1. The van der Waals surface area contributed by atoms with E-state index < -0.39 is 0 Å². The summed E-state index contributed by atoms with van der Waals surface area (Å²) in [5, 5.41) is 4.48. The molecule has 2 N–H and O–H groups in total. The van der Waals surface area contributed by atoms with Crippen LogP contribution in [0.4, 0.5) is 5.82 Å². The Labute approximate surface area is 189 Å². The van der Waals surface area contributed by atoms with Gasteiger partial charge < -0.3 is 19.8 Å². The molecule has 0 bridgehead atoms. The van der Waals surface area contributed by atoms with Crippen LogP contribution in [0.15, 0.2) is 65.6 Å². The second kappa shape index (κ2) is 7.41. The largest absolute Gasteiger partial charge is 0.454 e. The zero-order valence-corrected chi connectivity index (χ0v) is 18.3. The highest BCUT2D eigenvalue weighted by molar-refractivity contribution is 5.86. The van der Waals surface area contributed by atoms with Gasteiger partial charge in [0, 0.05) is 18.3 Å². The lowest BCUT2D eigenvalue weighted by Gasteiger charge is -2.10. The molecule has 3 aromatic heterocycles. The third-order valence-electron chi connectivity index (χ3n) is 6.00. The van der Waals surface area contributed by atoms with Crippen molar-refractivity contribution in [2.24, 2.45) is 0 Å². The minimum Gasteiger partial charge on any atom is -0.454 e. The van der Waals surface area contributed by atoms with Crippen LogP contribution in [-0.4, -0.2) is 21.2 Å². The number of hydrogen-bond donors (Lipinski definition) is 2. The van der Waals surface area contributed by atoms with Crippen molar-refractivity contribution in [1.82, 2.24) is 14.4 Å². The summed E-state index contributed by atoms with van der Waals surface area (Å²) in [5.74, 6) is 2.26. The minimum atomic E-state index is -0.168. The SMILES string of the molecule is Cc1ccc2[nH]c(=O)c(-c3nc4c(C)cccn4c3NCc3ccc4c(c3)OCO4)cc2c1. The van der Waals surface area contributed by atoms with Crippen LogP contribution in [-0.2, 0) is 6.54 Å². The second-order valence-electron chi connectivity index (χ2n) is 8.34. The number of imidazole rings is 1. The molecule has 7 heteroatoms. The average molecular weight is 438 g/mol. The summed E-state index contributed by atoms with van der Waals surface area (Å²) in [6, 6.07) is 17.8. The first-order valence-corrected chi connectivity index (χ1v) is 10.8. The minimum absolute atomic E-state index is 0.168. The maximum absolute atomic E-state index is 13.1. The first-order chi connectivity index (χ1) is 16.1. The fraction of sp³-hybridized carbons (Fsp3) is 0.154. The zero-order chi connectivity index (χ0) is 22.5. The van der Waals surface area contributed by atoms with Crippen molar-refractivity contribution in [3.05, 3.63) is 87.8 Å². The molecule has 0 aliphatic carbocycles. The first kappa shape index (κ1) is 19.4. The number of aromatic nitrogens is 3. The topological polar surface area (TPSA) is 80.7 Å². The molecular formula is C26H22N4O3. The molecule has 164 valence electrons. The average Bonchev–Trinajstić information content (AvgIpc) is 3.42. The monoisotopic (exact) mass is 438 g/mol. The number of H-pyrrole nitrogens is 1. The lowest BCUT2D eigenvalue weighted by molar-refractivity contribution is 0.174. The Morgan fingerprint density at radius 2 is 1.94 bits per heavy atom. The van der Waals surface area contributed by atoms with Gasteiger partial charge in [-0.25, -0.2) is 4.98 Å². The van der Waals surface area contributed by atoms with Gasteiger partial charge >= 0.3 is 0 Å². The summed E-state index contributed by atoms with van der Waals surface area (Å²) in [4.78, 5) is 21.0. The van der Waals surface area contributed by atoms with Crippen molar-refractivity contribution in [1.29, 1.82) is 0 Å². The highest BCUT2D eigenvalue weighted by Crippen LogP contribution is 2.34. The van der Waals surface area contributed by atoms with Crippen LogP contribution in [0.1, 0.15) is 16.7 Å². The maximum atomic E-state index is 13.1. The van der Waals surface area contributed by atoms with E-state index in [1.807, 2.05) is 73.0 Å². The second-order valence-corrected chi connectivity index (χ2v) is 8.34. The van der Waals surface area contributed by atoms with Crippen LogP contribution in [0.3, 0.4) is 0 Å². The number of pyridine rings is 2. The van der Waals surface area contributed by atoms with Crippen LogP contribution in [0.2, 0.25) is 0 Å². The highest BCUT2D eigenvalue weighted by atomic mass is 16.7. The number of rotatable bonds is 4. The van der Waals surface area contributed by atoms with Gasteiger partial charge in [-0.2, -0.15) is 0 Å². The Balaban J connectivity index is 1.48. The van der Waals surface area contributed by atoms with E-state index in [0.717, 1.165) is 50.6 Å². The van der Waals surface area contributed by atoms with Gasteiger partial charge in [-0.05, 0) is 66.8 Å². The Bertz CT molecular complexity index is 1600. The van der Waals surface area contributed by atoms with Crippen molar-refractivity contribution in [2.75, 3.05) is 12.1 Å².